The Morgan fingerprint density at radius 1 is 1.36 bits per heavy atom. The lowest BCUT2D eigenvalue weighted by atomic mass is 9.91. The summed E-state index contributed by atoms with van der Waals surface area (Å²) in [6.45, 7) is 4.30. The summed E-state index contributed by atoms with van der Waals surface area (Å²) in [5.74, 6) is 0. The van der Waals surface area contributed by atoms with E-state index in [0.29, 0.717) is 5.41 Å². The third kappa shape index (κ3) is 1.96. The van der Waals surface area contributed by atoms with Gasteiger partial charge in [0.25, 0.3) is 0 Å². The molecule has 1 unspecified atom stereocenters. The van der Waals surface area contributed by atoms with Crippen LogP contribution in [0.1, 0.15) is 52.4 Å². The maximum absolute atomic E-state index is 9.67. The largest absolute Gasteiger partial charge is 0.393 e. The molecule has 1 aliphatic carbocycles. The average Bonchev–Trinajstić information content (AvgIpc) is 2.80. The highest BCUT2D eigenvalue weighted by Gasteiger charge is 2.46. The van der Waals surface area contributed by atoms with Crippen molar-refractivity contribution in [3.05, 3.63) is 0 Å². The molecule has 1 rings (SSSR count). The van der Waals surface area contributed by atoms with E-state index < -0.39 is 0 Å². The first kappa shape index (κ1) is 9.05. The van der Waals surface area contributed by atoms with Crippen LogP contribution < -0.4 is 0 Å². The molecule has 0 aromatic carbocycles. The highest BCUT2D eigenvalue weighted by molar-refractivity contribution is 4.97. The molecule has 0 aromatic heterocycles. The molecule has 0 saturated heterocycles. The molecular formula is C10H20O. The van der Waals surface area contributed by atoms with Gasteiger partial charge in [0.2, 0.25) is 0 Å². The lowest BCUT2D eigenvalue weighted by molar-refractivity contribution is 0.0820. The normalized spacial score (nSPS) is 23.2. The molecule has 0 aliphatic heterocycles. The summed E-state index contributed by atoms with van der Waals surface area (Å²) >= 11 is 0. The molecule has 1 saturated carbocycles. The van der Waals surface area contributed by atoms with E-state index in [1.165, 1.54) is 32.1 Å². The summed E-state index contributed by atoms with van der Waals surface area (Å²) in [7, 11) is 0. The van der Waals surface area contributed by atoms with E-state index in [0.717, 1.165) is 6.42 Å². The van der Waals surface area contributed by atoms with Gasteiger partial charge in [-0.2, -0.15) is 0 Å². The van der Waals surface area contributed by atoms with Crippen molar-refractivity contribution < 1.29 is 5.11 Å². The van der Waals surface area contributed by atoms with E-state index in [4.69, 9.17) is 0 Å². The molecular weight excluding hydrogens is 136 g/mol. The standard InChI is InChI=1S/C10H20O/c1-3-5-6-10(7-8-10)9(11)4-2/h9,11H,3-8H2,1-2H3. The second-order valence-corrected chi connectivity index (χ2v) is 3.89. The Balaban J connectivity index is 2.28. The van der Waals surface area contributed by atoms with Gasteiger partial charge in [0, 0.05) is 0 Å². The van der Waals surface area contributed by atoms with Crippen LogP contribution >= 0.6 is 0 Å². The van der Waals surface area contributed by atoms with Crippen molar-refractivity contribution in [2.75, 3.05) is 0 Å². The number of unbranched alkanes of at least 4 members (excludes halogenated alkanes) is 1. The fraction of sp³-hybridized carbons (Fsp3) is 1.00. The van der Waals surface area contributed by atoms with Gasteiger partial charge < -0.3 is 5.11 Å². The predicted octanol–water partition coefficient (Wildman–Crippen LogP) is 2.73. The van der Waals surface area contributed by atoms with Crippen molar-refractivity contribution in [3.63, 3.8) is 0 Å². The van der Waals surface area contributed by atoms with E-state index in [9.17, 15) is 5.11 Å². The van der Waals surface area contributed by atoms with Crippen LogP contribution in [0.4, 0.5) is 0 Å². The molecule has 0 bridgehead atoms. The molecule has 1 atom stereocenters. The van der Waals surface area contributed by atoms with Crippen molar-refractivity contribution in [3.8, 4) is 0 Å². The van der Waals surface area contributed by atoms with Crippen LogP contribution in [0.5, 0.6) is 0 Å². The zero-order chi connectivity index (χ0) is 8.32. The fourth-order valence-electron chi connectivity index (χ4n) is 1.87. The first-order valence-corrected chi connectivity index (χ1v) is 4.93. The van der Waals surface area contributed by atoms with E-state index in [-0.39, 0.29) is 6.10 Å². The van der Waals surface area contributed by atoms with Gasteiger partial charge in [0.05, 0.1) is 6.10 Å². The first-order valence-electron chi connectivity index (χ1n) is 4.93. The van der Waals surface area contributed by atoms with Crippen molar-refractivity contribution >= 4 is 0 Å². The third-order valence-electron chi connectivity index (χ3n) is 3.01. The van der Waals surface area contributed by atoms with Crippen LogP contribution in [-0.2, 0) is 0 Å². The third-order valence-corrected chi connectivity index (χ3v) is 3.01. The second kappa shape index (κ2) is 3.57. The van der Waals surface area contributed by atoms with Crippen molar-refractivity contribution in [1.82, 2.24) is 0 Å². The molecule has 66 valence electrons. The molecule has 1 heteroatoms. The molecule has 1 fully saturated rings. The summed E-state index contributed by atoms with van der Waals surface area (Å²) < 4.78 is 0. The molecule has 0 aromatic rings. The SMILES string of the molecule is CCCCC1(C(O)CC)CC1. The maximum atomic E-state index is 9.67. The Kier molecular flexibility index (Phi) is 2.94. The quantitative estimate of drug-likeness (QED) is 0.649. The number of aliphatic hydroxyl groups excluding tert-OH is 1. The highest BCUT2D eigenvalue weighted by atomic mass is 16.3. The molecule has 0 amide bonds. The minimum atomic E-state index is -0.0194. The molecule has 0 spiro atoms. The van der Waals surface area contributed by atoms with Gasteiger partial charge in [-0.15, -0.1) is 0 Å². The van der Waals surface area contributed by atoms with E-state index in [1.54, 1.807) is 0 Å². The predicted molar refractivity (Wildman–Crippen MR) is 47.5 cm³/mol. The zero-order valence-electron chi connectivity index (χ0n) is 7.77. The van der Waals surface area contributed by atoms with Gasteiger partial charge in [0.1, 0.15) is 0 Å². The summed E-state index contributed by atoms with van der Waals surface area (Å²) in [6, 6.07) is 0. The van der Waals surface area contributed by atoms with Crippen molar-refractivity contribution in [2.24, 2.45) is 5.41 Å². The topological polar surface area (TPSA) is 20.2 Å². The minimum Gasteiger partial charge on any atom is -0.393 e. The van der Waals surface area contributed by atoms with Crippen LogP contribution in [-0.4, -0.2) is 11.2 Å². The number of hydrogen-bond donors (Lipinski definition) is 1. The molecule has 1 aliphatic rings. The number of aliphatic hydroxyl groups is 1. The first-order chi connectivity index (χ1) is 5.25. The maximum Gasteiger partial charge on any atom is 0.0593 e. The molecule has 0 heterocycles. The van der Waals surface area contributed by atoms with Gasteiger partial charge >= 0.3 is 0 Å². The van der Waals surface area contributed by atoms with Crippen LogP contribution in [0.2, 0.25) is 0 Å². The smallest absolute Gasteiger partial charge is 0.0593 e. The molecule has 1 nitrogen and oxygen atoms in total. The summed E-state index contributed by atoms with van der Waals surface area (Å²) in [4.78, 5) is 0. The Bertz CT molecular complexity index is 116. The number of rotatable bonds is 5. The van der Waals surface area contributed by atoms with E-state index in [2.05, 4.69) is 13.8 Å². The highest BCUT2D eigenvalue weighted by Crippen LogP contribution is 2.53. The monoisotopic (exact) mass is 156 g/mol. The summed E-state index contributed by atoms with van der Waals surface area (Å²) in [6.07, 6.45) is 7.25. The molecule has 0 radical (unpaired) electrons. The number of hydrogen-bond acceptors (Lipinski definition) is 1. The molecule has 1 N–H and O–H groups in total. The minimum absolute atomic E-state index is 0.0194. The van der Waals surface area contributed by atoms with Crippen LogP contribution in [0.15, 0.2) is 0 Å². The van der Waals surface area contributed by atoms with E-state index >= 15 is 0 Å². The summed E-state index contributed by atoms with van der Waals surface area (Å²) in [5.41, 5.74) is 0.366. The van der Waals surface area contributed by atoms with Gasteiger partial charge in [-0.3, -0.25) is 0 Å². The Morgan fingerprint density at radius 2 is 2.00 bits per heavy atom. The fourth-order valence-corrected chi connectivity index (χ4v) is 1.87. The van der Waals surface area contributed by atoms with Crippen LogP contribution in [0.25, 0.3) is 0 Å². The summed E-state index contributed by atoms with van der Waals surface area (Å²) in [5, 5.41) is 9.67. The van der Waals surface area contributed by atoms with Crippen molar-refractivity contribution in [2.45, 2.75) is 58.5 Å². The van der Waals surface area contributed by atoms with Crippen molar-refractivity contribution in [1.29, 1.82) is 0 Å². The Morgan fingerprint density at radius 3 is 2.36 bits per heavy atom. The molecule has 11 heavy (non-hydrogen) atoms. The van der Waals surface area contributed by atoms with Gasteiger partial charge in [-0.25, -0.2) is 0 Å². The zero-order valence-corrected chi connectivity index (χ0v) is 7.77. The van der Waals surface area contributed by atoms with Gasteiger partial charge in [-0.05, 0) is 31.1 Å². The lowest BCUT2D eigenvalue weighted by Crippen LogP contribution is -2.20. The average molecular weight is 156 g/mol. The van der Waals surface area contributed by atoms with Gasteiger partial charge in [0.15, 0.2) is 0 Å². The lowest BCUT2D eigenvalue weighted by Gasteiger charge is -2.20. The van der Waals surface area contributed by atoms with Gasteiger partial charge in [-0.1, -0.05) is 26.7 Å². The van der Waals surface area contributed by atoms with Crippen LogP contribution in [0.3, 0.4) is 0 Å². The Labute approximate surface area is 69.8 Å². The van der Waals surface area contributed by atoms with Crippen LogP contribution in [0, 0.1) is 5.41 Å². The Hall–Kier alpha value is -0.0400. The second-order valence-electron chi connectivity index (χ2n) is 3.89. The van der Waals surface area contributed by atoms with E-state index in [1.807, 2.05) is 0 Å².